The maximum Gasteiger partial charge on any atom is 0.234 e. The third kappa shape index (κ3) is 4.82. The summed E-state index contributed by atoms with van der Waals surface area (Å²) in [4.78, 5) is 12.1. The molecule has 0 aliphatic rings. The minimum Gasteiger partial charge on any atom is -0.481 e. The van der Waals surface area contributed by atoms with Crippen LogP contribution in [0.25, 0.3) is 0 Å². The number of nitrogens with one attached hydrogen (secondary N) is 1. The lowest BCUT2D eigenvalue weighted by molar-refractivity contribution is -0.113. The number of hydrogen-bond acceptors (Lipinski definition) is 5. The molecule has 0 aliphatic carbocycles. The molecule has 0 saturated heterocycles. The maximum absolute atomic E-state index is 13.6. The Kier molecular flexibility index (Phi) is 6.53. The van der Waals surface area contributed by atoms with Crippen LogP contribution in [0.5, 0.6) is 5.75 Å². The van der Waals surface area contributed by atoms with E-state index in [2.05, 4.69) is 15.5 Å². The standard InChI is InChI=1S/C19H18ClFN4O2S/c1-12(27-16-10-6-3-7-13(16)20)18-23-24-19(25(18)2)28-11-17(26)22-15-9-5-4-8-14(15)21/h3-10,12H,11H2,1-2H3,(H,22,26)/t12-/m0/s1. The number of para-hydroxylation sites is 2. The lowest BCUT2D eigenvalue weighted by Crippen LogP contribution is -2.15. The molecule has 0 saturated carbocycles. The number of ether oxygens (including phenoxy) is 1. The highest BCUT2D eigenvalue weighted by Crippen LogP contribution is 2.29. The maximum atomic E-state index is 13.6. The van der Waals surface area contributed by atoms with Crippen LogP contribution in [0.3, 0.4) is 0 Å². The van der Waals surface area contributed by atoms with Gasteiger partial charge in [-0.3, -0.25) is 4.79 Å². The molecule has 6 nitrogen and oxygen atoms in total. The number of benzene rings is 2. The fourth-order valence-electron chi connectivity index (χ4n) is 2.47. The molecule has 3 rings (SSSR count). The van der Waals surface area contributed by atoms with Crippen LogP contribution in [0.1, 0.15) is 18.9 Å². The average molecular weight is 421 g/mol. The number of nitrogens with zero attached hydrogens (tertiary/aromatic N) is 3. The van der Waals surface area contributed by atoms with E-state index in [1.165, 1.54) is 23.9 Å². The number of carbonyl (C=O) groups is 1. The summed E-state index contributed by atoms with van der Waals surface area (Å²) in [6.45, 7) is 1.84. The zero-order valence-corrected chi connectivity index (χ0v) is 16.8. The Bertz CT molecular complexity index is 982. The summed E-state index contributed by atoms with van der Waals surface area (Å²) in [6, 6.07) is 13.2. The first-order chi connectivity index (χ1) is 13.5. The number of rotatable bonds is 7. The Morgan fingerprint density at radius 2 is 1.96 bits per heavy atom. The highest BCUT2D eigenvalue weighted by atomic mass is 35.5. The third-order valence-corrected chi connectivity index (χ3v) is 5.19. The fraction of sp³-hybridized carbons (Fsp3) is 0.211. The van der Waals surface area contributed by atoms with Gasteiger partial charge in [0.1, 0.15) is 11.6 Å². The Hall–Kier alpha value is -2.58. The molecule has 0 bridgehead atoms. The Balaban J connectivity index is 1.60. The number of hydrogen-bond donors (Lipinski definition) is 1. The van der Waals surface area contributed by atoms with Crippen LogP contribution in [0.4, 0.5) is 10.1 Å². The van der Waals surface area contributed by atoms with Crippen LogP contribution in [0.2, 0.25) is 5.02 Å². The van der Waals surface area contributed by atoms with E-state index in [4.69, 9.17) is 16.3 Å². The second kappa shape index (κ2) is 9.07. The van der Waals surface area contributed by atoms with Crippen molar-refractivity contribution in [3.8, 4) is 5.75 Å². The number of amides is 1. The summed E-state index contributed by atoms with van der Waals surface area (Å²) < 4.78 is 21.2. The van der Waals surface area contributed by atoms with Crippen molar-refractivity contribution >= 4 is 35.0 Å². The molecule has 1 atom stereocenters. The van der Waals surface area contributed by atoms with Gasteiger partial charge in [0.25, 0.3) is 0 Å². The van der Waals surface area contributed by atoms with E-state index in [0.717, 1.165) is 0 Å². The predicted molar refractivity (Wildman–Crippen MR) is 107 cm³/mol. The van der Waals surface area contributed by atoms with Gasteiger partial charge in [-0.2, -0.15) is 0 Å². The summed E-state index contributed by atoms with van der Waals surface area (Å²) in [6.07, 6.45) is -0.390. The molecule has 28 heavy (non-hydrogen) atoms. The molecule has 0 unspecified atom stereocenters. The third-order valence-electron chi connectivity index (χ3n) is 3.85. The van der Waals surface area contributed by atoms with E-state index in [1.807, 2.05) is 19.1 Å². The highest BCUT2D eigenvalue weighted by molar-refractivity contribution is 7.99. The fourth-order valence-corrected chi connectivity index (χ4v) is 3.37. The summed E-state index contributed by atoms with van der Waals surface area (Å²) in [5.74, 6) is 0.405. The molecule has 146 valence electrons. The van der Waals surface area contributed by atoms with Gasteiger partial charge in [-0.15, -0.1) is 10.2 Å². The number of anilines is 1. The number of carbonyl (C=O) groups excluding carboxylic acids is 1. The van der Waals surface area contributed by atoms with Crippen molar-refractivity contribution in [2.75, 3.05) is 11.1 Å². The van der Waals surface area contributed by atoms with Gasteiger partial charge in [-0.1, -0.05) is 47.6 Å². The molecule has 1 N–H and O–H groups in total. The molecule has 0 spiro atoms. The van der Waals surface area contributed by atoms with Crippen molar-refractivity contribution in [3.63, 3.8) is 0 Å². The monoisotopic (exact) mass is 420 g/mol. The molecule has 0 radical (unpaired) electrons. The van der Waals surface area contributed by atoms with Gasteiger partial charge in [0.05, 0.1) is 16.5 Å². The van der Waals surface area contributed by atoms with E-state index in [9.17, 15) is 9.18 Å². The van der Waals surface area contributed by atoms with Gasteiger partial charge < -0.3 is 14.6 Å². The first-order valence-electron chi connectivity index (χ1n) is 8.43. The Labute approximate surface area is 171 Å². The van der Waals surface area contributed by atoms with Gasteiger partial charge in [-0.05, 0) is 31.2 Å². The van der Waals surface area contributed by atoms with Gasteiger partial charge >= 0.3 is 0 Å². The van der Waals surface area contributed by atoms with Gasteiger partial charge in [0.2, 0.25) is 5.91 Å². The van der Waals surface area contributed by atoms with Crippen molar-refractivity contribution in [2.24, 2.45) is 7.05 Å². The van der Waals surface area contributed by atoms with E-state index in [-0.39, 0.29) is 23.5 Å². The van der Waals surface area contributed by atoms with Crippen molar-refractivity contribution in [3.05, 3.63) is 65.2 Å². The zero-order chi connectivity index (χ0) is 20.1. The van der Waals surface area contributed by atoms with Crippen molar-refractivity contribution in [1.82, 2.24) is 14.8 Å². The van der Waals surface area contributed by atoms with Crippen LogP contribution in [-0.4, -0.2) is 26.4 Å². The highest BCUT2D eigenvalue weighted by Gasteiger charge is 2.19. The van der Waals surface area contributed by atoms with E-state index in [0.29, 0.717) is 21.8 Å². The lowest BCUT2D eigenvalue weighted by Gasteiger charge is -2.15. The second-order valence-corrected chi connectivity index (χ2v) is 7.26. The molecule has 1 heterocycles. The van der Waals surface area contributed by atoms with Crippen molar-refractivity contribution in [2.45, 2.75) is 18.2 Å². The normalized spacial score (nSPS) is 11.9. The molecule has 1 aromatic heterocycles. The van der Waals surface area contributed by atoms with Gasteiger partial charge in [-0.25, -0.2) is 4.39 Å². The Morgan fingerprint density at radius 1 is 1.25 bits per heavy atom. The summed E-state index contributed by atoms with van der Waals surface area (Å²) in [5.41, 5.74) is 0.147. The first kappa shape index (κ1) is 20.2. The SMILES string of the molecule is C[C@H](Oc1ccccc1Cl)c1nnc(SCC(=O)Nc2ccccc2F)n1C. The average Bonchev–Trinajstić information content (AvgIpc) is 3.04. The molecule has 0 fully saturated rings. The van der Waals surface area contributed by atoms with E-state index in [1.54, 1.807) is 35.9 Å². The summed E-state index contributed by atoms with van der Waals surface area (Å²) in [5, 5.41) is 11.9. The van der Waals surface area contributed by atoms with E-state index >= 15 is 0 Å². The molecule has 3 aromatic rings. The number of halogens is 2. The largest absolute Gasteiger partial charge is 0.481 e. The van der Waals surface area contributed by atoms with Crippen LogP contribution in [-0.2, 0) is 11.8 Å². The predicted octanol–water partition coefficient (Wildman–Crippen LogP) is 4.48. The van der Waals surface area contributed by atoms with Crippen LogP contribution < -0.4 is 10.1 Å². The molecular formula is C19H18ClFN4O2S. The molecule has 0 aliphatic heterocycles. The topological polar surface area (TPSA) is 69.0 Å². The molecular weight excluding hydrogens is 403 g/mol. The molecule has 2 aromatic carbocycles. The smallest absolute Gasteiger partial charge is 0.234 e. The quantitative estimate of drug-likeness (QED) is 0.571. The van der Waals surface area contributed by atoms with Gasteiger partial charge in [0, 0.05) is 7.05 Å². The summed E-state index contributed by atoms with van der Waals surface area (Å²) >= 11 is 7.32. The van der Waals surface area contributed by atoms with Crippen LogP contribution in [0, 0.1) is 5.82 Å². The minimum absolute atomic E-state index is 0.0695. The molecule has 1 amide bonds. The van der Waals surface area contributed by atoms with Crippen molar-refractivity contribution < 1.29 is 13.9 Å². The number of aromatic nitrogens is 3. The van der Waals surface area contributed by atoms with E-state index < -0.39 is 5.82 Å². The Morgan fingerprint density at radius 3 is 2.71 bits per heavy atom. The molecule has 9 heteroatoms. The number of thioether (sulfide) groups is 1. The van der Waals surface area contributed by atoms with Crippen LogP contribution >= 0.6 is 23.4 Å². The lowest BCUT2D eigenvalue weighted by atomic mass is 10.3. The second-order valence-electron chi connectivity index (χ2n) is 5.91. The zero-order valence-electron chi connectivity index (χ0n) is 15.2. The first-order valence-corrected chi connectivity index (χ1v) is 9.79. The van der Waals surface area contributed by atoms with Gasteiger partial charge in [0.15, 0.2) is 17.1 Å². The van der Waals surface area contributed by atoms with Crippen LogP contribution in [0.15, 0.2) is 53.7 Å². The minimum atomic E-state index is -0.479. The summed E-state index contributed by atoms with van der Waals surface area (Å²) in [7, 11) is 1.79. The van der Waals surface area contributed by atoms with Crippen molar-refractivity contribution in [1.29, 1.82) is 0 Å².